The van der Waals surface area contributed by atoms with Gasteiger partial charge in [0.1, 0.15) is 5.75 Å². The molecule has 4 aliphatic rings. The topological polar surface area (TPSA) is 67.4 Å². The highest BCUT2D eigenvalue weighted by Gasteiger charge is 2.51. The van der Waals surface area contributed by atoms with Gasteiger partial charge in [0.05, 0.1) is 12.3 Å². The third-order valence-corrected chi connectivity index (χ3v) is 6.06. The van der Waals surface area contributed by atoms with Crippen LogP contribution in [-0.4, -0.2) is 24.0 Å². The van der Waals surface area contributed by atoms with Crippen LogP contribution in [0, 0.1) is 17.8 Å². The Morgan fingerprint density at radius 2 is 1.64 bits per heavy atom. The first-order valence-electron chi connectivity index (χ1n) is 9.42. The van der Waals surface area contributed by atoms with Gasteiger partial charge < -0.3 is 15.4 Å². The lowest BCUT2D eigenvalue weighted by Gasteiger charge is -2.56. The maximum atomic E-state index is 12.5. The smallest absolute Gasteiger partial charge is 0.313 e. The minimum absolute atomic E-state index is 0.150. The second-order valence-corrected chi connectivity index (χ2v) is 8.04. The number of ether oxygens (including phenoxy) is 1. The quantitative estimate of drug-likeness (QED) is 0.826. The van der Waals surface area contributed by atoms with Gasteiger partial charge >= 0.3 is 11.8 Å². The zero-order chi connectivity index (χ0) is 17.4. The molecule has 0 atom stereocenters. The minimum Gasteiger partial charge on any atom is -0.492 e. The van der Waals surface area contributed by atoms with Crippen LogP contribution < -0.4 is 15.4 Å². The molecule has 5 heteroatoms. The van der Waals surface area contributed by atoms with Gasteiger partial charge in [0.25, 0.3) is 0 Å². The summed E-state index contributed by atoms with van der Waals surface area (Å²) < 4.78 is 5.51. The maximum Gasteiger partial charge on any atom is 0.313 e. The Hall–Kier alpha value is -2.04. The maximum absolute atomic E-state index is 12.5. The van der Waals surface area contributed by atoms with Crippen molar-refractivity contribution in [1.82, 2.24) is 5.32 Å². The van der Waals surface area contributed by atoms with E-state index in [1.54, 1.807) is 12.1 Å². The summed E-state index contributed by atoms with van der Waals surface area (Å²) in [5.41, 5.74) is 0.387. The van der Waals surface area contributed by atoms with Gasteiger partial charge in [-0.05, 0) is 75.3 Å². The van der Waals surface area contributed by atoms with Crippen molar-refractivity contribution in [3.63, 3.8) is 0 Å². The van der Waals surface area contributed by atoms with E-state index in [0.29, 0.717) is 18.0 Å². The molecule has 1 aromatic rings. The summed E-state index contributed by atoms with van der Waals surface area (Å²) in [6, 6.07) is 7.20. The fraction of sp³-hybridized carbons (Fsp3) is 0.600. The Morgan fingerprint density at radius 3 is 2.24 bits per heavy atom. The van der Waals surface area contributed by atoms with Crippen LogP contribution in [0.4, 0.5) is 5.69 Å². The standard InChI is InChI=1S/C20H26N2O3/c1-2-25-17-6-4-3-5-16(17)21-18(23)19(24)22-20-10-13-7-14(11-20)9-15(8-13)12-20/h3-6,13-15H,2,7-12H2,1H3,(H,21,23)(H,22,24). The molecule has 134 valence electrons. The van der Waals surface area contributed by atoms with E-state index in [9.17, 15) is 9.59 Å². The average molecular weight is 342 g/mol. The van der Waals surface area contributed by atoms with E-state index >= 15 is 0 Å². The molecule has 0 aromatic heterocycles. The van der Waals surface area contributed by atoms with Gasteiger partial charge in [0, 0.05) is 5.54 Å². The fourth-order valence-electron chi connectivity index (χ4n) is 5.59. The fourth-order valence-corrected chi connectivity index (χ4v) is 5.59. The number of carbonyl (C=O) groups excluding carboxylic acids is 2. The number of nitrogens with one attached hydrogen (secondary N) is 2. The third kappa shape index (κ3) is 3.24. The molecule has 0 radical (unpaired) electrons. The molecule has 4 bridgehead atoms. The van der Waals surface area contributed by atoms with E-state index in [1.807, 2.05) is 19.1 Å². The van der Waals surface area contributed by atoms with E-state index < -0.39 is 11.8 Å². The second-order valence-electron chi connectivity index (χ2n) is 8.04. The zero-order valence-electron chi connectivity index (χ0n) is 14.7. The third-order valence-electron chi connectivity index (χ3n) is 6.06. The molecule has 5 nitrogen and oxygen atoms in total. The summed E-state index contributed by atoms with van der Waals surface area (Å²) in [6.07, 6.45) is 7.03. The molecule has 0 spiro atoms. The van der Waals surface area contributed by atoms with Crippen LogP contribution in [0.5, 0.6) is 5.75 Å². The normalized spacial score (nSPS) is 32.3. The van der Waals surface area contributed by atoms with Gasteiger partial charge in [-0.2, -0.15) is 0 Å². The van der Waals surface area contributed by atoms with Crippen LogP contribution in [0.25, 0.3) is 0 Å². The zero-order valence-corrected chi connectivity index (χ0v) is 14.7. The van der Waals surface area contributed by atoms with E-state index in [-0.39, 0.29) is 5.54 Å². The average Bonchev–Trinajstić information content (AvgIpc) is 2.55. The number of hydrogen-bond acceptors (Lipinski definition) is 3. The van der Waals surface area contributed by atoms with Crippen LogP contribution in [0.1, 0.15) is 45.4 Å². The largest absolute Gasteiger partial charge is 0.492 e. The van der Waals surface area contributed by atoms with Crippen molar-refractivity contribution in [2.45, 2.75) is 51.0 Å². The van der Waals surface area contributed by atoms with E-state index in [2.05, 4.69) is 10.6 Å². The minimum atomic E-state index is -0.608. The highest BCUT2D eigenvalue weighted by atomic mass is 16.5. The second kappa shape index (κ2) is 6.36. The molecule has 2 N–H and O–H groups in total. The number of hydrogen-bond donors (Lipinski definition) is 2. The lowest BCUT2D eigenvalue weighted by molar-refractivity contribution is -0.139. The van der Waals surface area contributed by atoms with Crippen LogP contribution >= 0.6 is 0 Å². The number of anilines is 1. The number of benzene rings is 1. The van der Waals surface area contributed by atoms with Gasteiger partial charge in [0.15, 0.2) is 0 Å². The van der Waals surface area contributed by atoms with Crippen LogP contribution in [0.15, 0.2) is 24.3 Å². The molecular weight excluding hydrogens is 316 g/mol. The first-order chi connectivity index (χ1) is 12.1. The molecule has 0 aliphatic heterocycles. The lowest BCUT2D eigenvalue weighted by atomic mass is 9.53. The van der Waals surface area contributed by atoms with Crippen molar-refractivity contribution >= 4 is 17.5 Å². The monoisotopic (exact) mass is 342 g/mol. The summed E-state index contributed by atoms with van der Waals surface area (Å²) in [6.45, 7) is 2.39. The number of rotatable bonds is 4. The molecule has 0 unspecified atom stereocenters. The number of para-hydroxylation sites is 2. The molecule has 5 rings (SSSR count). The van der Waals surface area contributed by atoms with E-state index in [4.69, 9.17) is 4.74 Å². The van der Waals surface area contributed by atoms with Gasteiger partial charge in [0.2, 0.25) is 0 Å². The predicted molar refractivity (Wildman–Crippen MR) is 95.3 cm³/mol. The molecule has 4 fully saturated rings. The number of amides is 2. The Labute approximate surface area is 148 Å². The molecule has 25 heavy (non-hydrogen) atoms. The first kappa shape index (κ1) is 16.4. The molecule has 0 saturated heterocycles. The van der Waals surface area contributed by atoms with Crippen molar-refractivity contribution in [2.75, 3.05) is 11.9 Å². The van der Waals surface area contributed by atoms with E-state index in [0.717, 1.165) is 37.0 Å². The highest BCUT2D eigenvalue weighted by molar-refractivity contribution is 6.40. The van der Waals surface area contributed by atoms with Crippen molar-refractivity contribution in [1.29, 1.82) is 0 Å². The molecule has 1 aromatic carbocycles. The highest BCUT2D eigenvalue weighted by Crippen LogP contribution is 2.55. The van der Waals surface area contributed by atoms with Crippen molar-refractivity contribution in [3.05, 3.63) is 24.3 Å². The van der Waals surface area contributed by atoms with Crippen LogP contribution in [0.2, 0.25) is 0 Å². The summed E-state index contributed by atoms with van der Waals surface area (Å²) >= 11 is 0. The molecular formula is C20H26N2O3. The molecule has 0 heterocycles. The van der Waals surface area contributed by atoms with Crippen molar-refractivity contribution in [2.24, 2.45) is 17.8 Å². The summed E-state index contributed by atoms with van der Waals surface area (Å²) in [5, 5.41) is 5.81. The lowest BCUT2D eigenvalue weighted by Crippen LogP contribution is -2.61. The Kier molecular flexibility index (Phi) is 4.18. The Bertz CT molecular complexity index is 650. The van der Waals surface area contributed by atoms with Gasteiger partial charge in [-0.15, -0.1) is 0 Å². The SMILES string of the molecule is CCOc1ccccc1NC(=O)C(=O)NC12CC3CC(CC(C3)C1)C2. The first-order valence-corrected chi connectivity index (χ1v) is 9.42. The summed E-state index contributed by atoms with van der Waals surface area (Å²) in [7, 11) is 0. The molecule has 4 saturated carbocycles. The molecule has 4 aliphatic carbocycles. The van der Waals surface area contributed by atoms with E-state index in [1.165, 1.54) is 19.3 Å². The van der Waals surface area contributed by atoms with Gasteiger partial charge in [-0.25, -0.2) is 0 Å². The number of carbonyl (C=O) groups is 2. The van der Waals surface area contributed by atoms with Crippen molar-refractivity contribution in [3.8, 4) is 5.75 Å². The Balaban J connectivity index is 1.42. The summed E-state index contributed by atoms with van der Waals surface area (Å²) in [4.78, 5) is 25.0. The van der Waals surface area contributed by atoms with Gasteiger partial charge in [-0.3, -0.25) is 9.59 Å². The van der Waals surface area contributed by atoms with Crippen LogP contribution in [-0.2, 0) is 9.59 Å². The predicted octanol–water partition coefficient (Wildman–Crippen LogP) is 3.11. The van der Waals surface area contributed by atoms with Gasteiger partial charge in [-0.1, -0.05) is 12.1 Å². The van der Waals surface area contributed by atoms with Crippen LogP contribution in [0.3, 0.4) is 0 Å². The van der Waals surface area contributed by atoms with Crippen molar-refractivity contribution < 1.29 is 14.3 Å². The molecule has 2 amide bonds. The Morgan fingerprint density at radius 1 is 1.04 bits per heavy atom. The summed E-state index contributed by atoms with van der Waals surface area (Å²) in [5.74, 6) is 1.65.